The molecule has 0 saturated heterocycles. The predicted molar refractivity (Wildman–Crippen MR) is 145 cm³/mol. The largest absolute Gasteiger partial charge is 0.355 e. The molecule has 1 fully saturated rings. The number of benzene rings is 3. The first-order chi connectivity index (χ1) is 17.0. The zero-order valence-corrected chi connectivity index (χ0v) is 22.3. The summed E-state index contributed by atoms with van der Waals surface area (Å²) in [7, 11) is 1.53. The fraction of sp³-hybridized carbons (Fsp3) is 0.160. The molecule has 0 radical (unpaired) electrons. The van der Waals surface area contributed by atoms with Gasteiger partial charge in [0.25, 0.3) is 11.8 Å². The first kappa shape index (κ1) is 26.6. The summed E-state index contributed by atoms with van der Waals surface area (Å²) in [6.45, 7) is 0. The molecule has 3 N–H and O–H groups in total. The van der Waals surface area contributed by atoms with Crippen molar-refractivity contribution in [3.05, 3.63) is 92.4 Å². The summed E-state index contributed by atoms with van der Waals surface area (Å²) < 4.78 is -1.34. The zero-order valence-electron chi connectivity index (χ0n) is 18.5. The molecule has 11 heteroatoms. The van der Waals surface area contributed by atoms with E-state index in [1.165, 1.54) is 19.2 Å². The summed E-state index contributed by atoms with van der Waals surface area (Å²) in [6.07, 6.45) is 0. The van der Waals surface area contributed by atoms with Crippen LogP contribution >= 0.6 is 58.0 Å². The fourth-order valence-corrected chi connectivity index (χ4v) is 5.44. The predicted octanol–water partition coefficient (Wildman–Crippen LogP) is 6.78. The summed E-state index contributed by atoms with van der Waals surface area (Å²) in [6, 6.07) is 15.8. The lowest BCUT2D eigenvalue weighted by Crippen LogP contribution is -2.19. The van der Waals surface area contributed by atoms with Crippen molar-refractivity contribution in [2.24, 2.45) is 5.92 Å². The van der Waals surface area contributed by atoms with Crippen molar-refractivity contribution in [2.45, 2.75) is 10.3 Å². The van der Waals surface area contributed by atoms with E-state index in [-0.39, 0.29) is 16.5 Å². The summed E-state index contributed by atoms with van der Waals surface area (Å²) in [4.78, 5) is 37.5. The minimum atomic E-state index is -1.34. The average Bonchev–Trinajstić information content (AvgIpc) is 3.41. The van der Waals surface area contributed by atoms with Crippen LogP contribution in [-0.2, 0) is 4.79 Å². The Labute approximate surface area is 232 Å². The molecule has 0 unspecified atom stereocenters. The molecule has 1 aliphatic rings. The Bertz CT molecular complexity index is 1340. The molecule has 1 aliphatic carbocycles. The van der Waals surface area contributed by atoms with Crippen LogP contribution < -0.4 is 16.0 Å². The summed E-state index contributed by atoms with van der Waals surface area (Å²) in [5, 5.41) is 8.99. The molecule has 0 heterocycles. The number of alkyl halides is 2. The van der Waals surface area contributed by atoms with Gasteiger partial charge in [-0.15, -0.1) is 23.2 Å². The highest BCUT2D eigenvalue weighted by molar-refractivity contribution is 6.53. The number of hydrogen-bond donors (Lipinski definition) is 3. The van der Waals surface area contributed by atoms with Crippen molar-refractivity contribution in [1.82, 2.24) is 5.32 Å². The van der Waals surface area contributed by atoms with Crippen LogP contribution in [0.15, 0.2) is 60.7 Å². The van der Waals surface area contributed by atoms with Crippen LogP contribution in [0.1, 0.15) is 32.2 Å². The summed E-state index contributed by atoms with van der Waals surface area (Å²) >= 11 is 31.2. The van der Waals surface area contributed by atoms with Crippen molar-refractivity contribution in [3.63, 3.8) is 0 Å². The third-order valence-corrected chi connectivity index (χ3v) is 7.40. The van der Waals surface area contributed by atoms with Gasteiger partial charge in [-0.1, -0.05) is 34.8 Å². The third kappa shape index (κ3) is 5.58. The van der Waals surface area contributed by atoms with E-state index in [1.807, 2.05) is 0 Å². The highest BCUT2D eigenvalue weighted by atomic mass is 35.5. The lowest BCUT2D eigenvalue weighted by molar-refractivity contribution is -0.117. The van der Waals surface area contributed by atoms with Gasteiger partial charge in [0, 0.05) is 39.9 Å². The lowest BCUT2D eigenvalue weighted by Gasteiger charge is -2.11. The summed E-state index contributed by atoms with van der Waals surface area (Å²) in [5.41, 5.74) is 2.04. The van der Waals surface area contributed by atoms with Crippen molar-refractivity contribution < 1.29 is 14.4 Å². The van der Waals surface area contributed by atoms with Crippen LogP contribution in [0, 0.1) is 5.92 Å². The van der Waals surface area contributed by atoms with Gasteiger partial charge >= 0.3 is 0 Å². The van der Waals surface area contributed by atoms with Crippen molar-refractivity contribution >= 4 is 87.1 Å². The SMILES string of the molecule is CNC(=O)c1ccc(NC(=O)c2cc(NC(=O)[C@H]3[C@H](c4cc(Cl)cc(Cl)c4)C3(Cl)Cl)ccc2Cl)cc1. The molecule has 0 aromatic heterocycles. The minimum absolute atomic E-state index is 0.141. The van der Waals surface area contributed by atoms with E-state index in [1.54, 1.807) is 48.5 Å². The molecule has 0 spiro atoms. The Balaban J connectivity index is 1.48. The number of amides is 3. The van der Waals surface area contributed by atoms with E-state index in [0.29, 0.717) is 32.5 Å². The molecule has 3 aromatic rings. The lowest BCUT2D eigenvalue weighted by atomic mass is 10.1. The Hall–Kier alpha value is -2.48. The number of hydrogen-bond acceptors (Lipinski definition) is 3. The highest BCUT2D eigenvalue weighted by Gasteiger charge is 2.67. The average molecular weight is 586 g/mol. The number of nitrogens with one attached hydrogen (secondary N) is 3. The van der Waals surface area contributed by atoms with Crippen molar-refractivity contribution in [2.75, 3.05) is 17.7 Å². The smallest absolute Gasteiger partial charge is 0.257 e. The van der Waals surface area contributed by atoms with Gasteiger partial charge in [-0.05, 0) is 66.2 Å². The molecule has 36 heavy (non-hydrogen) atoms. The maximum absolute atomic E-state index is 13.0. The molecular formula is C25H18Cl5N3O3. The monoisotopic (exact) mass is 583 g/mol. The molecule has 3 amide bonds. The zero-order chi connectivity index (χ0) is 26.2. The summed E-state index contributed by atoms with van der Waals surface area (Å²) in [5.74, 6) is -2.44. The van der Waals surface area contributed by atoms with E-state index >= 15 is 0 Å². The van der Waals surface area contributed by atoms with Gasteiger partial charge < -0.3 is 16.0 Å². The minimum Gasteiger partial charge on any atom is -0.355 e. The van der Waals surface area contributed by atoms with Crippen molar-refractivity contribution in [1.29, 1.82) is 0 Å². The Morgan fingerprint density at radius 1 is 0.778 bits per heavy atom. The molecule has 0 aliphatic heterocycles. The van der Waals surface area contributed by atoms with Crippen LogP contribution in [0.3, 0.4) is 0 Å². The quantitative estimate of drug-likeness (QED) is 0.279. The standard InChI is InChI=1S/C25H18Cl5N3O3/c1-31-22(34)12-2-4-16(5-3-12)32-23(35)18-11-17(6-7-19(18)28)33-24(36)21-20(25(21,29)30)13-8-14(26)10-15(27)9-13/h2-11,20-21H,1H3,(H,31,34)(H,32,35)(H,33,36)/t20-,21+/m0/s1. The van der Waals surface area contributed by atoms with Crippen LogP contribution in [0.4, 0.5) is 11.4 Å². The topological polar surface area (TPSA) is 87.3 Å². The van der Waals surface area contributed by atoms with Gasteiger partial charge in [0.2, 0.25) is 5.91 Å². The van der Waals surface area contributed by atoms with E-state index in [4.69, 9.17) is 58.0 Å². The molecule has 6 nitrogen and oxygen atoms in total. The number of rotatable bonds is 6. The maximum Gasteiger partial charge on any atom is 0.257 e. The third-order valence-electron chi connectivity index (χ3n) is 5.69. The van der Waals surface area contributed by atoms with Gasteiger partial charge in [-0.2, -0.15) is 0 Å². The molecule has 1 saturated carbocycles. The second-order valence-electron chi connectivity index (χ2n) is 8.13. The van der Waals surface area contributed by atoms with Gasteiger partial charge in [0.05, 0.1) is 16.5 Å². The molecule has 2 atom stereocenters. The molecule has 4 rings (SSSR count). The second kappa shape index (κ2) is 10.5. The van der Waals surface area contributed by atoms with Gasteiger partial charge in [-0.3, -0.25) is 14.4 Å². The molecule has 3 aromatic carbocycles. The van der Waals surface area contributed by atoms with Crippen LogP contribution in [0.5, 0.6) is 0 Å². The Morgan fingerprint density at radius 2 is 1.39 bits per heavy atom. The van der Waals surface area contributed by atoms with E-state index < -0.39 is 28.0 Å². The molecule has 0 bridgehead atoms. The Morgan fingerprint density at radius 3 is 2.00 bits per heavy atom. The maximum atomic E-state index is 13.0. The molecular weight excluding hydrogens is 568 g/mol. The number of halogens is 5. The van der Waals surface area contributed by atoms with Crippen molar-refractivity contribution in [3.8, 4) is 0 Å². The second-order valence-corrected chi connectivity index (χ2v) is 10.9. The fourth-order valence-electron chi connectivity index (χ4n) is 3.87. The number of carbonyl (C=O) groups excluding carboxylic acids is 3. The van der Waals surface area contributed by atoms with Gasteiger partial charge in [-0.25, -0.2) is 0 Å². The van der Waals surface area contributed by atoms with Crippen LogP contribution in [0.2, 0.25) is 15.1 Å². The van der Waals surface area contributed by atoms with Crippen LogP contribution in [-0.4, -0.2) is 29.1 Å². The highest BCUT2D eigenvalue weighted by Crippen LogP contribution is 2.65. The van der Waals surface area contributed by atoms with Gasteiger partial charge in [0.15, 0.2) is 0 Å². The van der Waals surface area contributed by atoms with E-state index in [0.717, 1.165) is 0 Å². The van der Waals surface area contributed by atoms with E-state index in [2.05, 4.69) is 16.0 Å². The Kier molecular flexibility index (Phi) is 7.74. The number of carbonyl (C=O) groups is 3. The van der Waals surface area contributed by atoms with E-state index in [9.17, 15) is 14.4 Å². The first-order valence-corrected chi connectivity index (χ1v) is 12.5. The van der Waals surface area contributed by atoms with Crippen LogP contribution in [0.25, 0.3) is 0 Å². The van der Waals surface area contributed by atoms with Gasteiger partial charge in [0.1, 0.15) is 4.33 Å². The first-order valence-electron chi connectivity index (χ1n) is 10.6. The normalized spacial score (nSPS) is 17.7. The number of anilines is 2. The molecule has 186 valence electrons.